The van der Waals surface area contributed by atoms with E-state index in [-0.39, 0.29) is 5.92 Å². The van der Waals surface area contributed by atoms with Gasteiger partial charge in [-0.3, -0.25) is 0 Å². The van der Waals surface area contributed by atoms with Crippen LogP contribution in [0.5, 0.6) is 0 Å². The zero-order chi connectivity index (χ0) is 14.4. The van der Waals surface area contributed by atoms with Gasteiger partial charge in [0, 0.05) is 5.92 Å². The second-order valence-corrected chi connectivity index (χ2v) is 5.54. The molecule has 1 unspecified atom stereocenters. The molecule has 3 heteroatoms. The molecule has 1 aromatic carbocycles. The minimum Gasteiger partial charge on any atom is -0.464 e. The fraction of sp³-hybridized carbons (Fsp3) is 0.588. The summed E-state index contributed by atoms with van der Waals surface area (Å²) in [6, 6.07) is 9.25. The third kappa shape index (κ3) is 3.04. The lowest BCUT2D eigenvalue weighted by Crippen LogP contribution is -2.44. The van der Waals surface area contributed by atoms with Crippen LogP contribution in [0.15, 0.2) is 30.3 Å². The number of aliphatic hydroxyl groups is 1. The van der Waals surface area contributed by atoms with Crippen LogP contribution in [0, 0.1) is 5.92 Å². The maximum Gasteiger partial charge on any atom is 0.343 e. The molecule has 0 radical (unpaired) electrons. The maximum absolute atomic E-state index is 12.4. The summed E-state index contributed by atoms with van der Waals surface area (Å²) in [5.41, 5.74) is -0.841. The lowest BCUT2D eigenvalue weighted by molar-refractivity contribution is -0.174. The molecule has 1 saturated carbocycles. The van der Waals surface area contributed by atoms with E-state index in [2.05, 4.69) is 0 Å². The highest BCUT2D eigenvalue weighted by Crippen LogP contribution is 2.39. The van der Waals surface area contributed by atoms with E-state index >= 15 is 0 Å². The molecule has 0 saturated heterocycles. The molecule has 0 bridgehead atoms. The smallest absolute Gasteiger partial charge is 0.343 e. The van der Waals surface area contributed by atoms with Gasteiger partial charge in [0.2, 0.25) is 0 Å². The second kappa shape index (κ2) is 6.89. The largest absolute Gasteiger partial charge is 0.464 e. The number of benzene rings is 1. The Morgan fingerprint density at radius 3 is 2.35 bits per heavy atom. The van der Waals surface area contributed by atoms with E-state index < -0.39 is 11.6 Å². The number of carbonyl (C=O) groups excluding carboxylic acids is 1. The topological polar surface area (TPSA) is 46.5 Å². The predicted molar refractivity (Wildman–Crippen MR) is 78.2 cm³/mol. The van der Waals surface area contributed by atoms with Crippen LogP contribution in [0.3, 0.4) is 0 Å². The van der Waals surface area contributed by atoms with Crippen molar-refractivity contribution >= 4 is 5.97 Å². The van der Waals surface area contributed by atoms with Crippen LogP contribution >= 0.6 is 0 Å². The Balaban J connectivity index is 2.34. The van der Waals surface area contributed by atoms with Crippen molar-refractivity contribution in [3.8, 4) is 0 Å². The Labute approximate surface area is 121 Å². The van der Waals surface area contributed by atoms with Crippen molar-refractivity contribution in [2.75, 3.05) is 6.61 Å². The molecule has 0 aromatic heterocycles. The van der Waals surface area contributed by atoms with Crippen molar-refractivity contribution in [1.29, 1.82) is 0 Å². The number of hydrogen-bond donors (Lipinski definition) is 1. The zero-order valence-corrected chi connectivity index (χ0v) is 12.2. The van der Waals surface area contributed by atoms with Crippen molar-refractivity contribution in [2.45, 2.75) is 51.0 Å². The first-order valence-corrected chi connectivity index (χ1v) is 7.64. The minimum atomic E-state index is -1.50. The summed E-state index contributed by atoms with van der Waals surface area (Å²) >= 11 is 0. The van der Waals surface area contributed by atoms with Crippen molar-refractivity contribution < 1.29 is 14.6 Å². The van der Waals surface area contributed by atoms with Gasteiger partial charge in [-0.25, -0.2) is 4.79 Å². The summed E-state index contributed by atoms with van der Waals surface area (Å²) in [6.45, 7) is 2.07. The normalized spacial score (nSPS) is 19.9. The quantitative estimate of drug-likeness (QED) is 0.677. The Kier molecular flexibility index (Phi) is 5.18. The Morgan fingerprint density at radius 1 is 1.20 bits per heavy atom. The molecule has 0 spiro atoms. The van der Waals surface area contributed by atoms with Gasteiger partial charge in [-0.05, 0) is 25.3 Å². The fourth-order valence-electron chi connectivity index (χ4n) is 3.15. The van der Waals surface area contributed by atoms with Crippen molar-refractivity contribution in [2.24, 2.45) is 5.92 Å². The first-order valence-electron chi connectivity index (χ1n) is 7.64. The first-order chi connectivity index (χ1) is 9.69. The van der Waals surface area contributed by atoms with Crippen LogP contribution in [0.25, 0.3) is 0 Å². The molecule has 0 aliphatic heterocycles. The number of hydrogen-bond acceptors (Lipinski definition) is 3. The fourth-order valence-corrected chi connectivity index (χ4v) is 3.15. The van der Waals surface area contributed by atoms with Crippen LogP contribution in [0.4, 0.5) is 0 Å². The Bertz CT molecular complexity index is 421. The van der Waals surface area contributed by atoms with Crippen molar-refractivity contribution in [3.05, 3.63) is 35.9 Å². The standard InChI is InChI=1S/C17H24O3/c1-2-20-16(18)17(19,15-12-8-5-9-13-15)14-10-6-3-4-7-11-14/h5,8-9,12-14,19H,2-4,6-7,10-11H2,1H3. The Morgan fingerprint density at radius 2 is 1.80 bits per heavy atom. The van der Waals surface area contributed by atoms with Crippen LogP contribution < -0.4 is 0 Å². The molecule has 1 fully saturated rings. The third-order valence-electron chi connectivity index (χ3n) is 4.25. The molecule has 1 N–H and O–H groups in total. The van der Waals surface area contributed by atoms with E-state index in [1.807, 2.05) is 30.3 Å². The number of rotatable bonds is 4. The lowest BCUT2D eigenvalue weighted by atomic mass is 9.77. The number of ether oxygens (including phenoxy) is 1. The second-order valence-electron chi connectivity index (χ2n) is 5.54. The van der Waals surface area contributed by atoms with Crippen LogP contribution in [0.1, 0.15) is 51.0 Å². The van der Waals surface area contributed by atoms with E-state index in [9.17, 15) is 9.90 Å². The van der Waals surface area contributed by atoms with E-state index in [1.165, 1.54) is 12.8 Å². The van der Waals surface area contributed by atoms with E-state index in [0.717, 1.165) is 25.7 Å². The molecular weight excluding hydrogens is 252 g/mol. The summed E-state index contributed by atoms with van der Waals surface area (Å²) in [7, 11) is 0. The average molecular weight is 276 g/mol. The van der Waals surface area contributed by atoms with Gasteiger partial charge in [0.25, 0.3) is 0 Å². The summed E-state index contributed by atoms with van der Waals surface area (Å²) in [6.07, 6.45) is 6.27. The van der Waals surface area contributed by atoms with E-state index in [0.29, 0.717) is 12.2 Å². The molecule has 2 rings (SSSR count). The molecular formula is C17H24O3. The van der Waals surface area contributed by atoms with E-state index in [1.54, 1.807) is 6.92 Å². The van der Waals surface area contributed by atoms with Gasteiger partial charge in [0.1, 0.15) is 0 Å². The van der Waals surface area contributed by atoms with Crippen molar-refractivity contribution in [3.63, 3.8) is 0 Å². The van der Waals surface area contributed by atoms with E-state index in [4.69, 9.17) is 4.74 Å². The van der Waals surface area contributed by atoms with Gasteiger partial charge in [-0.2, -0.15) is 0 Å². The van der Waals surface area contributed by atoms with Gasteiger partial charge >= 0.3 is 5.97 Å². The number of esters is 1. The molecule has 1 aromatic rings. The van der Waals surface area contributed by atoms with Gasteiger partial charge in [-0.1, -0.05) is 56.0 Å². The van der Waals surface area contributed by atoms with Crippen LogP contribution in [-0.4, -0.2) is 17.7 Å². The van der Waals surface area contributed by atoms with Gasteiger partial charge in [0.05, 0.1) is 6.61 Å². The van der Waals surface area contributed by atoms with Crippen LogP contribution in [0.2, 0.25) is 0 Å². The molecule has 1 aliphatic rings. The molecule has 0 heterocycles. The molecule has 1 aliphatic carbocycles. The SMILES string of the molecule is CCOC(=O)C(O)(c1ccccc1)C1CCCCCC1. The average Bonchev–Trinajstić information content (AvgIpc) is 2.77. The van der Waals surface area contributed by atoms with Crippen LogP contribution in [-0.2, 0) is 15.1 Å². The maximum atomic E-state index is 12.4. The predicted octanol–water partition coefficient (Wildman–Crippen LogP) is 3.41. The molecule has 110 valence electrons. The van der Waals surface area contributed by atoms with Gasteiger partial charge in [-0.15, -0.1) is 0 Å². The summed E-state index contributed by atoms with van der Waals surface area (Å²) in [5, 5.41) is 11.2. The first kappa shape index (κ1) is 15.0. The molecule has 3 nitrogen and oxygen atoms in total. The monoisotopic (exact) mass is 276 g/mol. The summed E-state index contributed by atoms with van der Waals surface area (Å²) < 4.78 is 5.17. The number of carbonyl (C=O) groups is 1. The molecule has 20 heavy (non-hydrogen) atoms. The molecule has 0 amide bonds. The third-order valence-corrected chi connectivity index (χ3v) is 4.25. The Hall–Kier alpha value is -1.35. The highest BCUT2D eigenvalue weighted by Gasteiger charge is 2.46. The van der Waals surface area contributed by atoms with Gasteiger partial charge < -0.3 is 9.84 Å². The summed E-state index contributed by atoms with van der Waals surface area (Å²) in [5.74, 6) is -0.551. The molecule has 1 atom stereocenters. The lowest BCUT2D eigenvalue weighted by Gasteiger charge is -2.34. The zero-order valence-electron chi connectivity index (χ0n) is 12.2. The van der Waals surface area contributed by atoms with Crippen molar-refractivity contribution in [1.82, 2.24) is 0 Å². The highest BCUT2D eigenvalue weighted by atomic mass is 16.5. The van der Waals surface area contributed by atoms with Gasteiger partial charge in [0.15, 0.2) is 5.60 Å². The summed E-state index contributed by atoms with van der Waals surface area (Å²) in [4.78, 5) is 12.4. The highest BCUT2D eigenvalue weighted by molar-refractivity contribution is 5.81. The minimum absolute atomic E-state index is 0.0496.